The molecule has 1 aliphatic heterocycles. The van der Waals surface area contributed by atoms with Crippen LogP contribution in [0.2, 0.25) is 0 Å². The number of aliphatic hydroxyl groups is 2. The summed E-state index contributed by atoms with van der Waals surface area (Å²) in [7, 11) is -5.00. The number of rotatable bonds is 3. The van der Waals surface area contributed by atoms with Crippen LogP contribution in [0.15, 0.2) is 11.1 Å². The minimum atomic E-state index is -5.00. The number of nitrogens with zero attached hydrogens (tertiary/aromatic N) is 3. The molecule has 1 unspecified atom stereocenters. The van der Waals surface area contributed by atoms with Crippen LogP contribution in [0.3, 0.4) is 0 Å². The molecule has 1 saturated heterocycles. The van der Waals surface area contributed by atoms with Gasteiger partial charge in [0.15, 0.2) is 18.8 Å². The van der Waals surface area contributed by atoms with Crippen LogP contribution in [0.1, 0.15) is 0 Å². The van der Waals surface area contributed by atoms with Crippen molar-refractivity contribution in [3.05, 3.63) is 16.7 Å². The molecule has 0 spiro atoms. The molecule has 0 aliphatic carbocycles. The van der Waals surface area contributed by atoms with Gasteiger partial charge in [-0.1, -0.05) is 0 Å². The lowest BCUT2D eigenvalue weighted by Gasteiger charge is -2.25. The molecule has 0 radical (unpaired) electrons. The van der Waals surface area contributed by atoms with Crippen molar-refractivity contribution in [2.45, 2.75) is 30.7 Å². The number of imidazole rings is 1. The summed E-state index contributed by atoms with van der Waals surface area (Å²) in [5.74, 6) is -2.08. The second kappa shape index (κ2) is 5.37. The number of H-pyrrole nitrogens is 1. The molecule has 12 nitrogen and oxygen atoms in total. The van der Waals surface area contributed by atoms with Crippen LogP contribution in [0.5, 0.6) is 0 Å². The van der Waals surface area contributed by atoms with E-state index in [1.165, 1.54) is 10.9 Å². The molecule has 13 heteroatoms. The Hall–Kier alpha value is -1.82. The standard InChI is InChI=1S/C10H14N5O7P/c11-10-13-7-4(8(18)14-10)12-2-15(7)1-3-5(16)6(17)9(22-3)23(19,20)21/h2-3,5-6,9,16-17H,1H2,(H2,19,20,21)(H3,11,13,14,18)/p-1/t3-,5-,6-,9+/m1/s1. The molecule has 5 atom stereocenters. The van der Waals surface area contributed by atoms with Gasteiger partial charge in [0.2, 0.25) is 5.95 Å². The van der Waals surface area contributed by atoms with Gasteiger partial charge in [-0.2, -0.15) is 4.98 Å². The molecule has 23 heavy (non-hydrogen) atoms. The van der Waals surface area contributed by atoms with Crippen molar-refractivity contribution in [3.63, 3.8) is 0 Å². The van der Waals surface area contributed by atoms with Crippen molar-refractivity contribution in [1.82, 2.24) is 19.5 Å². The number of anilines is 1. The smallest absolute Gasteiger partial charge is 0.280 e. The largest absolute Gasteiger partial charge is 0.777 e. The number of nitrogens with two attached hydrogens (primary N) is 1. The van der Waals surface area contributed by atoms with Crippen LogP contribution < -0.4 is 16.2 Å². The summed E-state index contributed by atoms with van der Waals surface area (Å²) in [6.07, 6.45) is -3.29. The van der Waals surface area contributed by atoms with Crippen molar-refractivity contribution in [2.24, 2.45) is 0 Å². The third-order valence-electron chi connectivity index (χ3n) is 3.53. The first-order valence-corrected chi connectivity index (χ1v) is 8.09. The van der Waals surface area contributed by atoms with E-state index in [1.807, 2.05) is 0 Å². The third-order valence-corrected chi connectivity index (χ3v) is 4.60. The minimum Gasteiger partial charge on any atom is -0.777 e. The highest BCUT2D eigenvalue weighted by Crippen LogP contribution is 2.44. The van der Waals surface area contributed by atoms with Crippen molar-refractivity contribution in [1.29, 1.82) is 0 Å². The Morgan fingerprint density at radius 2 is 2.17 bits per heavy atom. The summed E-state index contributed by atoms with van der Waals surface area (Å²) < 4.78 is 17.5. The first-order chi connectivity index (χ1) is 10.7. The topological polar surface area (TPSA) is 200 Å². The van der Waals surface area contributed by atoms with E-state index in [0.29, 0.717) is 0 Å². The van der Waals surface area contributed by atoms with Crippen LogP contribution >= 0.6 is 7.60 Å². The number of aromatic amines is 1. The fourth-order valence-corrected chi connectivity index (χ4v) is 3.32. The molecule has 0 amide bonds. The fraction of sp³-hybridized carbons (Fsp3) is 0.500. The van der Waals surface area contributed by atoms with Gasteiger partial charge < -0.3 is 39.6 Å². The van der Waals surface area contributed by atoms with Crippen LogP contribution in [0, 0.1) is 0 Å². The van der Waals surface area contributed by atoms with Gasteiger partial charge in [-0.3, -0.25) is 9.78 Å². The Morgan fingerprint density at radius 1 is 1.48 bits per heavy atom. The average molecular weight is 346 g/mol. The monoisotopic (exact) mass is 346 g/mol. The SMILES string of the molecule is Nc1nc2c(ncn2C[C@H]2O[C@@H](P(=O)([O-])O)[C@H](O)[C@@H]2O)c(=O)[nH]1. The first-order valence-electron chi connectivity index (χ1n) is 6.44. The Bertz CT molecular complexity index is 844. The number of hydrogen-bond donors (Lipinski definition) is 5. The number of fused-ring (bicyclic) bond motifs is 1. The number of nitrogens with one attached hydrogen (secondary N) is 1. The summed E-state index contributed by atoms with van der Waals surface area (Å²) in [4.78, 5) is 41.8. The van der Waals surface area contributed by atoms with E-state index < -0.39 is 37.3 Å². The predicted octanol–water partition coefficient (Wildman–Crippen LogP) is -3.31. The van der Waals surface area contributed by atoms with Gasteiger partial charge in [-0.05, 0) is 0 Å². The number of nitrogen functional groups attached to an aromatic ring is 1. The zero-order valence-electron chi connectivity index (χ0n) is 11.4. The summed E-state index contributed by atoms with van der Waals surface area (Å²) in [5, 5.41) is 19.5. The van der Waals surface area contributed by atoms with Crippen LogP contribution in [-0.2, 0) is 15.8 Å². The molecule has 2 aromatic rings. The van der Waals surface area contributed by atoms with E-state index in [-0.39, 0.29) is 23.7 Å². The maximum atomic E-state index is 11.7. The second-order valence-corrected chi connectivity index (χ2v) is 6.77. The highest BCUT2D eigenvalue weighted by atomic mass is 31.2. The molecule has 0 bridgehead atoms. The summed E-state index contributed by atoms with van der Waals surface area (Å²) in [6, 6.07) is 0. The Morgan fingerprint density at radius 3 is 2.78 bits per heavy atom. The molecule has 3 heterocycles. The predicted molar refractivity (Wildman–Crippen MR) is 73.1 cm³/mol. The summed E-state index contributed by atoms with van der Waals surface area (Å²) in [6.45, 7) is -0.166. The van der Waals surface area contributed by atoms with Gasteiger partial charge in [0.05, 0.1) is 12.9 Å². The van der Waals surface area contributed by atoms with Gasteiger partial charge in [0.25, 0.3) is 5.56 Å². The molecule has 1 aliphatic rings. The Labute approximate surface area is 127 Å². The molecular weight excluding hydrogens is 333 g/mol. The molecule has 0 aromatic carbocycles. The van der Waals surface area contributed by atoms with Crippen molar-refractivity contribution in [2.75, 3.05) is 5.73 Å². The zero-order valence-corrected chi connectivity index (χ0v) is 12.3. The minimum absolute atomic E-state index is 0.000407. The highest BCUT2D eigenvalue weighted by molar-refractivity contribution is 7.51. The molecule has 126 valence electrons. The summed E-state index contributed by atoms with van der Waals surface area (Å²) >= 11 is 0. The number of aliphatic hydroxyl groups excluding tert-OH is 2. The van der Waals surface area contributed by atoms with E-state index >= 15 is 0 Å². The summed E-state index contributed by atoms with van der Waals surface area (Å²) in [5.41, 5.74) is 5.00. The number of hydrogen-bond acceptors (Lipinski definition) is 9. The maximum Gasteiger partial charge on any atom is 0.280 e. The van der Waals surface area contributed by atoms with Gasteiger partial charge >= 0.3 is 0 Å². The van der Waals surface area contributed by atoms with E-state index in [0.717, 1.165) is 0 Å². The maximum absolute atomic E-state index is 11.7. The van der Waals surface area contributed by atoms with Gasteiger partial charge in [-0.25, -0.2) is 4.98 Å². The van der Waals surface area contributed by atoms with Gasteiger partial charge in [0.1, 0.15) is 24.2 Å². The van der Waals surface area contributed by atoms with Gasteiger partial charge in [0, 0.05) is 0 Å². The quantitative estimate of drug-likeness (QED) is 0.350. The number of aromatic nitrogens is 4. The lowest BCUT2D eigenvalue weighted by Crippen LogP contribution is -2.35. The van der Waals surface area contributed by atoms with E-state index in [1.54, 1.807) is 0 Å². The van der Waals surface area contributed by atoms with E-state index in [9.17, 15) is 24.5 Å². The molecule has 6 N–H and O–H groups in total. The van der Waals surface area contributed by atoms with Crippen molar-refractivity contribution < 1.29 is 29.3 Å². The Kier molecular flexibility index (Phi) is 3.75. The average Bonchev–Trinajstić information content (AvgIpc) is 2.95. The Balaban J connectivity index is 1.91. The fourth-order valence-electron chi connectivity index (χ4n) is 2.45. The van der Waals surface area contributed by atoms with E-state index in [4.69, 9.17) is 15.4 Å². The third kappa shape index (κ3) is 2.76. The lowest BCUT2D eigenvalue weighted by molar-refractivity contribution is -0.206. The second-order valence-electron chi connectivity index (χ2n) is 5.13. The van der Waals surface area contributed by atoms with Crippen LogP contribution in [0.25, 0.3) is 11.2 Å². The van der Waals surface area contributed by atoms with Crippen LogP contribution in [-0.4, -0.2) is 58.8 Å². The number of ether oxygens (including phenoxy) is 1. The highest BCUT2D eigenvalue weighted by Gasteiger charge is 2.47. The molecule has 0 saturated carbocycles. The van der Waals surface area contributed by atoms with Gasteiger partial charge in [-0.15, -0.1) is 0 Å². The molecular formula is C10H13N5O7P-. The van der Waals surface area contributed by atoms with Crippen LogP contribution in [0.4, 0.5) is 5.95 Å². The first kappa shape index (κ1) is 16.1. The van der Waals surface area contributed by atoms with Crippen molar-refractivity contribution in [3.8, 4) is 0 Å². The molecule has 3 rings (SSSR count). The normalized spacial score (nSPS) is 30.6. The zero-order chi connectivity index (χ0) is 16.9. The van der Waals surface area contributed by atoms with E-state index in [2.05, 4.69) is 15.0 Å². The molecule has 2 aromatic heterocycles. The molecule has 1 fully saturated rings. The van der Waals surface area contributed by atoms with Crippen molar-refractivity contribution >= 4 is 24.7 Å². The lowest BCUT2D eigenvalue weighted by atomic mass is 10.1.